The zero-order valence-corrected chi connectivity index (χ0v) is 30.0. The average Bonchev–Trinajstić information content (AvgIpc) is 3.83. The van der Waals surface area contributed by atoms with Crippen molar-refractivity contribution in [3.63, 3.8) is 0 Å². The maximum Gasteiger partial charge on any atom is 0.347 e. The number of rotatable bonds is 14. The number of carboxylic acids is 1. The lowest BCUT2D eigenvalue weighted by Crippen LogP contribution is -2.70. The highest BCUT2D eigenvalue weighted by molar-refractivity contribution is 8.01. The van der Waals surface area contributed by atoms with Crippen molar-refractivity contribution < 1.29 is 43.9 Å². The van der Waals surface area contributed by atoms with Gasteiger partial charge in [-0.2, -0.15) is 9.78 Å². The topological polar surface area (TPSA) is 263 Å². The number of nitrogens with two attached hydrogens (primary N) is 1. The molecule has 52 heavy (non-hydrogen) atoms. The number of aromatic amines is 1. The average molecular weight is 788 g/mol. The number of carbonyl (C=O) groups is 4. The van der Waals surface area contributed by atoms with Gasteiger partial charge >= 0.3 is 5.97 Å². The minimum atomic E-state index is -1.30. The number of Topliss-reactive ketones (excluding diaryl/α,β-unsaturated/α-hetero) is 1. The molecule has 3 atom stereocenters. The number of carbonyl (C=O) groups excluding carboxylic acids is 3. The Kier molecular flexibility index (Phi) is 10.9. The molecular formula is C30H28ClN10O8S3+. The fraction of sp³-hybridized carbons (Fsp3) is 0.267. The van der Waals surface area contributed by atoms with Gasteiger partial charge in [-0.25, -0.2) is 9.78 Å². The number of aromatic nitrogens is 6. The van der Waals surface area contributed by atoms with E-state index in [0.717, 1.165) is 21.8 Å². The van der Waals surface area contributed by atoms with Crippen molar-refractivity contribution in [2.45, 2.75) is 42.3 Å². The first kappa shape index (κ1) is 36.5. The van der Waals surface area contributed by atoms with Crippen molar-refractivity contribution in [1.29, 1.82) is 0 Å². The molecule has 270 valence electrons. The number of aromatic hydroxyl groups is 2. The van der Waals surface area contributed by atoms with E-state index in [1.54, 1.807) is 23.9 Å². The first-order chi connectivity index (χ1) is 25.0. The Balaban J connectivity index is 1.14. The number of pyridine rings is 1. The normalized spacial score (nSPS) is 17.7. The van der Waals surface area contributed by atoms with Gasteiger partial charge in [0.2, 0.25) is 24.3 Å². The summed E-state index contributed by atoms with van der Waals surface area (Å²) in [7, 11) is 0. The summed E-state index contributed by atoms with van der Waals surface area (Å²) in [5.41, 5.74) is 6.86. The number of ketones is 1. The molecule has 0 bridgehead atoms. The highest BCUT2D eigenvalue weighted by Crippen LogP contribution is 2.44. The number of hydrogen-bond acceptors (Lipinski definition) is 16. The summed E-state index contributed by atoms with van der Waals surface area (Å²) in [6.07, 6.45) is 2.21. The predicted octanol–water partition coefficient (Wildman–Crippen LogP) is 1.66. The Bertz CT molecular complexity index is 2090. The van der Waals surface area contributed by atoms with Gasteiger partial charge in [0.05, 0.1) is 10.7 Å². The Hall–Kier alpha value is -5.25. The molecule has 18 nitrogen and oxygen atoms in total. The van der Waals surface area contributed by atoms with Crippen LogP contribution in [0, 0.1) is 0 Å². The second-order valence-corrected chi connectivity index (χ2v) is 14.5. The fourth-order valence-corrected chi connectivity index (χ4v) is 8.31. The molecule has 2 amide bonds. The van der Waals surface area contributed by atoms with E-state index in [1.807, 2.05) is 12.1 Å². The summed E-state index contributed by atoms with van der Waals surface area (Å²) in [5, 5.41) is 50.5. The molecular weight excluding hydrogens is 760 g/mol. The largest absolute Gasteiger partial charge is 0.504 e. The highest BCUT2D eigenvalue weighted by Gasteiger charge is 2.54. The van der Waals surface area contributed by atoms with Crippen molar-refractivity contribution in [1.82, 2.24) is 35.8 Å². The maximum absolute atomic E-state index is 13.6. The van der Waals surface area contributed by atoms with Gasteiger partial charge in [-0.05, 0) is 29.3 Å². The molecule has 1 aromatic carbocycles. The monoisotopic (exact) mass is 787 g/mol. The van der Waals surface area contributed by atoms with Crippen LogP contribution in [0.3, 0.4) is 0 Å². The van der Waals surface area contributed by atoms with E-state index in [0.29, 0.717) is 17.2 Å². The number of halogens is 1. The number of nitrogen functional groups attached to an aromatic ring is 1. The van der Waals surface area contributed by atoms with Gasteiger partial charge < -0.3 is 31.2 Å². The minimum absolute atomic E-state index is 0.0609. The Morgan fingerprint density at radius 2 is 2.04 bits per heavy atom. The molecule has 2 aliphatic rings. The molecule has 22 heteroatoms. The van der Waals surface area contributed by atoms with Gasteiger partial charge in [0, 0.05) is 39.5 Å². The van der Waals surface area contributed by atoms with E-state index in [2.05, 4.69) is 36.1 Å². The van der Waals surface area contributed by atoms with E-state index in [9.17, 15) is 34.5 Å². The summed E-state index contributed by atoms with van der Waals surface area (Å²) < 4.78 is 1.64. The molecule has 0 aliphatic carbocycles. The predicted molar refractivity (Wildman–Crippen MR) is 188 cm³/mol. The number of fused-ring (bicyclic) bond motifs is 1. The fourth-order valence-electron chi connectivity index (χ4n) is 5.13. The van der Waals surface area contributed by atoms with E-state index in [4.69, 9.17) is 22.2 Å². The molecule has 0 saturated carbocycles. The number of hydrogen-bond donors (Lipinski definition) is 6. The number of amides is 2. The SMILES string of the molecule is CC[C@H](O/N=C(\C(=O)N[C@@H]1C(=O)N2C(c3nn[nH]n3)=C(CSc3cc[n+](CC(=O)c4ccc(O)c(O)c4Cl)cc3)CS[C@H]12)c1csc(N)n1)C(=O)O. The number of benzene rings is 1. The van der Waals surface area contributed by atoms with E-state index in [-0.39, 0.29) is 51.7 Å². The van der Waals surface area contributed by atoms with E-state index >= 15 is 0 Å². The number of anilines is 1. The Morgan fingerprint density at radius 1 is 1.27 bits per heavy atom. The van der Waals surface area contributed by atoms with Crippen LogP contribution in [0.15, 0.2) is 57.7 Å². The maximum atomic E-state index is 13.6. The van der Waals surface area contributed by atoms with Crippen LogP contribution in [0.4, 0.5) is 5.13 Å². The standard InChI is InChI=1S/C30H27ClN10O8S3/c1-2-19(29(47)48)49-37-21(16-12-52-30(32)33-16)26(45)34-22-27(46)41-23(25-35-38-39-36-25)13(11-51-28(22)41)10-50-14-5-7-40(8-6-14)9-18(43)15-3-4-17(42)24(44)20(15)31/h3-8,12,19,22,28H,2,9-11H2,1H3,(H6-,32,33,34,35,36,37,38,39,42,43,44,45,47,48)/p+1/t19-,22+,28+/m0/s1. The summed E-state index contributed by atoms with van der Waals surface area (Å²) in [5.74, 6) is -2.73. The molecule has 1 fully saturated rings. The minimum Gasteiger partial charge on any atom is -0.504 e. The summed E-state index contributed by atoms with van der Waals surface area (Å²) in [6, 6.07) is 5.21. The van der Waals surface area contributed by atoms with Crippen molar-refractivity contribution >= 4 is 86.6 Å². The number of H-pyrrole nitrogens is 1. The number of β-lactam (4-membered cyclic amide) rings is 1. The molecule has 2 aliphatic heterocycles. The molecule has 3 aromatic heterocycles. The third kappa shape index (κ3) is 7.52. The number of thiazole rings is 1. The molecule has 4 aromatic rings. The van der Waals surface area contributed by atoms with Gasteiger partial charge in [-0.3, -0.25) is 19.3 Å². The van der Waals surface area contributed by atoms with Gasteiger partial charge in [0.1, 0.15) is 17.1 Å². The lowest BCUT2D eigenvalue weighted by Gasteiger charge is -2.49. The van der Waals surface area contributed by atoms with Gasteiger partial charge in [0.15, 0.2) is 34.7 Å². The summed E-state index contributed by atoms with van der Waals surface area (Å²) in [6.45, 7) is 1.53. The number of nitrogens with one attached hydrogen (secondary N) is 2. The third-order valence-corrected chi connectivity index (χ3v) is 11.3. The summed E-state index contributed by atoms with van der Waals surface area (Å²) in [4.78, 5) is 62.9. The second-order valence-electron chi connectivity index (χ2n) is 11.1. The van der Waals surface area contributed by atoms with Crippen molar-refractivity contribution in [3.05, 3.63) is 69.7 Å². The van der Waals surface area contributed by atoms with Crippen molar-refractivity contribution in [3.8, 4) is 11.5 Å². The van der Waals surface area contributed by atoms with E-state index in [1.165, 1.54) is 45.9 Å². The zero-order valence-electron chi connectivity index (χ0n) is 26.8. The molecule has 1 saturated heterocycles. The van der Waals surface area contributed by atoms with Gasteiger partial charge in [0.25, 0.3) is 11.8 Å². The molecule has 0 unspecified atom stereocenters. The Morgan fingerprint density at radius 3 is 2.69 bits per heavy atom. The number of phenolic OH excluding ortho intramolecular Hbond substituents is 2. The highest BCUT2D eigenvalue weighted by atomic mass is 35.5. The van der Waals surface area contributed by atoms with E-state index < -0.39 is 46.8 Å². The van der Waals surface area contributed by atoms with Crippen LogP contribution in [0.25, 0.3) is 5.70 Å². The van der Waals surface area contributed by atoms with Crippen LogP contribution in [0.1, 0.15) is 35.2 Å². The number of tetrazole rings is 1. The van der Waals surface area contributed by atoms with Crippen LogP contribution in [-0.2, 0) is 25.8 Å². The quantitative estimate of drug-likeness (QED) is 0.0202. The lowest BCUT2D eigenvalue weighted by atomic mass is 10.0. The van der Waals surface area contributed by atoms with Crippen molar-refractivity contribution in [2.24, 2.45) is 5.16 Å². The number of nitrogens with zero attached hydrogens (tertiary/aromatic N) is 7. The van der Waals surface area contributed by atoms with Gasteiger partial charge in [-0.1, -0.05) is 23.7 Å². The first-order valence-corrected chi connectivity index (χ1v) is 18.5. The lowest BCUT2D eigenvalue weighted by molar-refractivity contribution is -0.683. The van der Waals surface area contributed by atoms with Crippen LogP contribution in [0.5, 0.6) is 11.5 Å². The molecule has 5 heterocycles. The van der Waals surface area contributed by atoms with Crippen LogP contribution in [-0.4, -0.2) is 104 Å². The second kappa shape index (κ2) is 15.6. The summed E-state index contributed by atoms with van der Waals surface area (Å²) >= 11 is 10.00. The van der Waals surface area contributed by atoms with Crippen molar-refractivity contribution in [2.75, 3.05) is 17.2 Å². The number of thioether (sulfide) groups is 2. The smallest absolute Gasteiger partial charge is 0.347 e. The van der Waals surface area contributed by atoms with Crippen LogP contribution < -0.4 is 15.6 Å². The third-order valence-electron chi connectivity index (χ3n) is 7.78. The first-order valence-electron chi connectivity index (χ1n) is 15.2. The van der Waals surface area contributed by atoms with Crippen LogP contribution >= 0.6 is 46.5 Å². The van der Waals surface area contributed by atoms with Gasteiger partial charge in [-0.15, -0.1) is 45.1 Å². The Labute approximate surface area is 311 Å². The number of oxime groups is 1. The molecule has 0 radical (unpaired) electrons. The van der Waals surface area contributed by atoms with Crippen LogP contribution in [0.2, 0.25) is 5.02 Å². The molecule has 7 N–H and O–H groups in total. The zero-order chi connectivity index (χ0) is 37.1. The molecule has 6 rings (SSSR count). The number of aliphatic carboxylic acids is 1. The number of carboxylic acid groups (broad SMARTS) is 1. The molecule has 0 spiro atoms. The number of phenols is 2.